The highest BCUT2D eigenvalue weighted by molar-refractivity contribution is 5.95. The Hall–Kier alpha value is -1.77. The van der Waals surface area contributed by atoms with Crippen molar-refractivity contribution in [2.24, 2.45) is 17.8 Å². The molecule has 1 aromatic rings. The minimum absolute atomic E-state index is 0.0117. The number of carbonyl (C=O) groups excluding carboxylic acids is 1. The van der Waals surface area contributed by atoms with Gasteiger partial charge in [-0.3, -0.25) is 4.79 Å². The van der Waals surface area contributed by atoms with Gasteiger partial charge in [-0.05, 0) is 62.7 Å². The number of hydrogen-bond donors (Lipinski definition) is 3. The summed E-state index contributed by atoms with van der Waals surface area (Å²) in [6.45, 7) is 1.66. The van der Waals surface area contributed by atoms with E-state index in [1.54, 1.807) is 6.20 Å². The van der Waals surface area contributed by atoms with E-state index >= 15 is 0 Å². The Balaban J connectivity index is 1.23. The molecule has 4 bridgehead atoms. The second-order valence-electron chi connectivity index (χ2n) is 10.5. The molecule has 1 amide bonds. The molecule has 0 radical (unpaired) electrons. The van der Waals surface area contributed by atoms with Crippen LogP contribution >= 0.6 is 0 Å². The lowest BCUT2D eigenvalue weighted by atomic mass is 9.52. The number of amides is 1. The molecule has 168 valence electrons. The molecule has 1 aliphatic heterocycles. The average Bonchev–Trinajstić information content (AvgIpc) is 3.60. The maximum Gasteiger partial charge on any atom is 0.254 e. The Morgan fingerprint density at radius 1 is 1.26 bits per heavy atom. The van der Waals surface area contributed by atoms with E-state index in [9.17, 15) is 15.0 Å². The lowest BCUT2D eigenvalue weighted by Crippen LogP contribution is -2.61. The second-order valence-corrected chi connectivity index (χ2v) is 10.5. The van der Waals surface area contributed by atoms with Gasteiger partial charge in [0.2, 0.25) is 5.95 Å². The van der Waals surface area contributed by atoms with Crippen molar-refractivity contribution in [1.82, 2.24) is 15.3 Å². The number of aliphatic hydroxyl groups is 2. The van der Waals surface area contributed by atoms with E-state index in [1.807, 2.05) is 4.90 Å². The largest absolute Gasteiger partial charge is 0.394 e. The molecule has 3 unspecified atom stereocenters. The highest BCUT2D eigenvalue weighted by Crippen LogP contribution is 2.55. The topological polar surface area (TPSA) is 108 Å². The maximum absolute atomic E-state index is 13.4. The molecule has 31 heavy (non-hydrogen) atoms. The normalized spacial score (nSPS) is 39.0. The number of nitrogens with one attached hydrogen (secondary N) is 1. The first kappa shape index (κ1) is 19.9. The van der Waals surface area contributed by atoms with Crippen LogP contribution in [0.1, 0.15) is 66.9 Å². The van der Waals surface area contributed by atoms with Gasteiger partial charge in [-0.15, -0.1) is 0 Å². The number of morpholine rings is 1. The molecule has 5 aliphatic carbocycles. The van der Waals surface area contributed by atoms with E-state index in [1.165, 1.54) is 0 Å². The molecule has 8 nitrogen and oxygen atoms in total. The van der Waals surface area contributed by atoms with Crippen LogP contribution in [0, 0.1) is 17.8 Å². The van der Waals surface area contributed by atoms with E-state index in [0.29, 0.717) is 54.9 Å². The van der Waals surface area contributed by atoms with Gasteiger partial charge in [0.15, 0.2) is 0 Å². The molecule has 6 fully saturated rings. The molecule has 6 aliphatic rings. The summed E-state index contributed by atoms with van der Waals surface area (Å²) in [5, 5.41) is 23.9. The molecule has 5 saturated carbocycles. The Bertz CT molecular complexity index is 859. The first-order valence-corrected chi connectivity index (χ1v) is 11.9. The van der Waals surface area contributed by atoms with E-state index in [2.05, 4.69) is 10.3 Å². The van der Waals surface area contributed by atoms with Crippen molar-refractivity contribution < 1.29 is 19.7 Å². The number of anilines is 1. The number of rotatable bonds is 5. The van der Waals surface area contributed by atoms with Crippen molar-refractivity contribution >= 4 is 11.9 Å². The molecule has 2 heterocycles. The SMILES string of the molecule is O=C(N[C@H]1C2CC3CC1C[C@@](O)(C3)C2)c1cnc(N2CCOCC2CO)nc1C1CC1. The van der Waals surface area contributed by atoms with E-state index in [4.69, 9.17) is 9.72 Å². The summed E-state index contributed by atoms with van der Waals surface area (Å²) >= 11 is 0. The Kier molecular flexibility index (Phi) is 4.74. The fourth-order valence-corrected chi connectivity index (χ4v) is 6.88. The molecule has 1 aromatic heterocycles. The Morgan fingerprint density at radius 3 is 2.71 bits per heavy atom. The van der Waals surface area contributed by atoms with Gasteiger partial charge in [0.1, 0.15) is 0 Å². The van der Waals surface area contributed by atoms with Crippen LogP contribution in [0.4, 0.5) is 5.95 Å². The zero-order valence-corrected chi connectivity index (χ0v) is 17.9. The van der Waals surface area contributed by atoms with Crippen LogP contribution in [0.5, 0.6) is 0 Å². The van der Waals surface area contributed by atoms with Crippen LogP contribution < -0.4 is 10.2 Å². The van der Waals surface area contributed by atoms with Crippen molar-refractivity contribution in [3.8, 4) is 0 Å². The van der Waals surface area contributed by atoms with Crippen molar-refractivity contribution in [3.63, 3.8) is 0 Å². The van der Waals surface area contributed by atoms with Crippen molar-refractivity contribution in [3.05, 3.63) is 17.5 Å². The second kappa shape index (κ2) is 7.39. The number of carbonyl (C=O) groups is 1. The predicted octanol–water partition coefficient (Wildman–Crippen LogP) is 1.22. The number of aliphatic hydroxyl groups excluding tert-OH is 1. The van der Waals surface area contributed by atoms with Crippen LogP contribution in [-0.2, 0) is 4.74 Å². The zero-order chi connectivity index (χ0) is 21.2. The smallest absolute Gasteiger partial charge is 0.254 e. The van der Waals surface area contributed by atoms with E-state index in [0.717, 1.165) is 50.6 Å². The maximum atomic E-state index is 13.4. The molecule has 1 saturated heterocycles. The van der Waals surface area contributed by atoms with Gasteiger partial charge in [-0.2, -0.15) is 0 Å². The van der Waals surface area contributed by atoms with Gasteiger partial charge < -0.3 is 25.2 Å². The average molecular weight is 429 g/mol. The number of ether oxygens (including phenoxy) is 1. The van der Waals surface area contributed by atoms with Crippen LogP contribution in [-0.4, -0.2) is 70.1 Å². The van der Waals surface area contributed by atoms with Gasteiger partial charge in [-0.25, -0.2) is 9.97 Å². The molecule has 7 rings (SSSR count). The molecule has 8 heteroatoms. The minimum atomic E-state index is -0.497. The molecule has 0 aromatic carbocycles. The van der Waals surface area contributed by atoms with Gasteiger partial charge in [0.05, 0.1) is 42.7 Å². The lowest BCUT2D eigenvalue weighted by Gasteiger charge is -2.58. The first-order valence-electron chi connectivity index (χ1n) is 11.9. The van der Waals surface area contributed by atoms with Gasteiger partial charge in [0, 0.05) is 24.7 Å². The van der Waals surface area contributed by atoms with Gasteiger partial charge in [0.25, 0.3) is 5.91 Å². The standard InChI is InChI=1S/C23H32N4O4/c28-11-17-12-31-4-3-27(17)22-24-10-18(20(26-22)14-1-2-14)21(29)25-19-15-5-13-6-16(19)9-23(30,7-13)8-15/h10,13-17,19,28,30H,1-9,11-12H2,(H,25,29)/t13?,15?,16?,17?,19-,23+. The van der Waals surface area contributed by atoms with Crippen molar-refractivity contribution in [2.75, 3.05) is 31.3 Å². The van der Waals surface area contributed by atoms with Crippen LogP contribution in [0.3, 0.4) is 0 Å². The van der Waals surface area contributed by atoms with Crippen LogP contribution in [0.15, 0.2) is 6.20 Å². The number of hydrogen-bond acceptors (Lipinski definition) is 7. The molecule has 3 N–H and O–H groups in total. The van der Waals surface area contributed by atoms with Crippen LogP contribution in [0.25, 0.3) is 0 Å². The summed E-state index contributed by atoms with van der Waals surface area (Å²) in [6, 6.07) is -0.00611. The highest BCUT2D eigenvalue weighted by atomic mass is 16.5. The number of aromatic nitrogens is 2. The third-order valence-corrected chi connectivity index (χ3v) is 8.25. The van der Waals surface area contributed by atoms with Gasteiger partial charge >= 0.3 is 0 Å². The summed E-state index contributed by atoms with van der Waals surface area (Å²) in [5.41, 5.74) is 0.934. The molecular formula is C23H32N4O4. The van der Waals surface area contributed by atoms with Crippen molar-refractivity contribution in [2.45, 2.75) is 68.5 Å². The summed E-state index contributed by atoms with van der Waals surface area (Å²) < 4.78 is 5.48. The summed E-state index contributed by atoms with van der Waals surface area (Å²) in [5.74, 6) is 2.20. The lowest BCUT2D eigenvalue weighted by molar-refractivity contribution is -0.136. The van der Waals surface area contributed by atoms with Crippen LogP contribution in [0.2, 0.25) is 0 Å². The van der Waals surface area contributed by atoms with E-state index in [-0.39, 0.29) is 24.6 Å². The third-order valence-electron chi connectivity index (χ3n) is 8.25. The summed E-state index contributed by atoms with van der Waals surface area (Å²) in [4.78, 5) is 24.7. The highest BCUT2D eigenvalue weighted by Gasteiger charge is 2.55. The monoisotopic (exact) mass is 428 g/mol. The van der Waals surface area contributed by atoms with Gasteiger partial charge in [-0.1, -0.05) is 0 Å². The Morgan fingerprint density at radius 2 is 2.03 bits per heavy atom. The predicted molar refractivity (Wildman–Crippen MR) is 113 cm³/mol. The molecule has 0 spiro atoms. The quantitative estimate of drug-likeness (QED) is 0.647. The minimum Gasteiger partial charge on any atom is -0.394 e. The fourth-order valence-electron chi connectivity index (χ4n) is 6.88. The van der Waals surface area contributed by atoms with Crippen molar-refractivity contribution in [1.29, 1.82) is 0 Å². The first-order chi connectivity index (χ1) is 15.0. The van der Waals surface area contributed by atoms with E-state index < -0.39 is 5.60 Å². The third kappa shape index (κ3) is 3.52. The fraction of sp³-hybridized carbons (Fsp3) is 0.783. The zero-order valence-electron chi connectivity index (χ0n) is 17.9. The number of nitrogens with zero attached hydrogens (tertiary/aromatic N) is 3. The molecule has 3 atom stereocenters. The Labute approximate surface area is 182 Å². The summed E-state index contributed by atoms with van der Waals surface area (Å²) in [7, 11) is 0. The summed E-state index contributed by atoms with van der Waals surface area (Å²) in [6.07, 6.45) is 8.59. The molecular weight excluding hydrogens is 396 g/mol.